The quantitative estimate of drug-likeness (QED) is 0.732. The van der Waals surface area contributed by atoms with E-state index in [-0.39, 0.29) is 11.2 Å². The third-order valence-electron chi connectivity index (χ3n) is 3.31. The van der Waals surface area contributed by atoms with Crippen molar-refractivity contribution < 1.29 is 0 Å². The van der Waals surface area contributed by atoms with Crippen LogP contribution in [-0.4, -0.2) is 14.3 Å². The lowest BCUT2D eigenvalue weighted by atomic mass is 10.1. The Morgan fingerprint density at radius 1 is 1.25 bits per heavy atom. The first-order valence-electron chi connectivity index (χ1n) is 6.10. The molecule has 4 heteroatoms. The van der Waals surface area contributed by atoms with Crippen LogP contribution in [0, 0.1) is 6.92 Å². The van der Waals surface area contributed by atoms with Crippen molar-refractivity contribution in [1.29, 1.82) is 0 Å². The molecule has 90 valence electrons. The van der Waals surface area contributed by atoms with Crippen LogP contribution in [0.3, 0.4) is 0 Å². The summed E-state index contributed by atoms with van der Waals surface area (Å²) >= 11 is 0. The molecular weight excluding hydrogens is 202 g/mol. The predicted molar refractivity (Wildman–Crippen MR) is 63.7 cm³/mol. The lowest BCUT2D eigenvalue weighted by Gasteiger charge is -2.17. The molecule has 0 radical (unpaired) electrons. The minimum absolute atomic E-state index is 0.0527. The van der Waals surface area contributed by atoms with Crippen LogP contribution in [0.25, 0.3) is 0 Å². The maximum absolute atomic E-state index is 12.3. The SMILES string of the molecule is Cc1nn(C(C)(C)C)c(=O)n1C1CCCC1. The molecule has 0 bridgehead atoms. The summed E-state index contributed by atoms with van der Waals surface area (Å²) in [5.74, 6) is 0.854. The summed E-state index contributed by atoms with van der Waals surface area (Å²) in [4.78, 5) is 12.3. The van der Waals surface area contributed by atoms with E-state index in [1.54, 1.807) is 4.68 Å². The van der Waals surface area contributed by atoms with Crippen molar-refractivity contribution in [3.05, 3.63) is 16.3 Å². The van der Waals surface area contributed by atoms with E-state index in [4.69, 9.17) is 0 Å². The molecule has 2 rings (SSSR count). The van der Waals surface area contributed by atoms with E-state index in [9.17, 15) is 4.79 Å². The zero-order valence-electron chi connectivity index (χ0n) is 10.7. The first kappa shape index (κ1) is 11.4. The van der Waals surface area contributed by atoms with Gasteiger partial charge in [0, 0.05) is 6.04 Å². The van der Waals surface area contributed by atoms with Gasteiger partial charge in [0.25, 0.3) is 0 Å². The number of aryl methyl sites for hydroxylation is 1. The topological polar surface area (TPSA) is 39.8 Å². The van der Waals surface area contributed by atoms with Crippen LogP contribution in [0.1, 0.15) is 58.3 Å². The summed E-state index contributed by atoms with van der Waals surface area (Å²) in [6, 6.07) is 0.378. The zero-order valence-corrected chi connectivity index (χ0v) is 10.7. The largest absolute Gasteiger partial charge is 0.346 e. The van der Waals surface area contributed by atoms with E-state index < -0.39 is 0 Å². The average molecular weight is 223 g/mol. The molecule has 1 aliphatic carbocycles. The Kier molecular flexibility index (Phi) is 2.68. The molecule has 0 N–H and O–H groups in total. The molecule has 4 nitrogen and oxygen atoms in total. The molecule has 1 aliphatic rings. The van der Waals surface area contributed by atoms with Crippen molar-refractivity contribution in [2.45, 2.75) is 65.0 Å². The molecule has 1 aromatic rings. The summed E-state index contributed by atoms with van der Waals surface area (Å²) < 4.78 is 3.50. The molecule has 0 atom stereocenters. The maximum atomic E-state index is 12.3. The van der Waals surface area contributed by atoms with Crippen LogP contribution in [-0.2, 0) is 5.54 Å². The minimum atomic E-state index is -0.230. The lowest BCUT2D eigenvalue weighted by Crippen LogP contribution is -2.36. The number of rotatable bonds is 1. The fourth-order valence-corrected chi connectivity index (χ4v) is 2.50. The van der Waals surface area contributed by atoms with Gasteiger partial charge in [-0.1, -0.05) is 12.8 Å². The molecule has 0 saturated heterocycles. The van der Waals surface area contributed by atoms with Crippen molar-refractivity contribution in [2.24, 2.45) is 0 Å². The minimum Gasteiger partial charge on any atom is -0.276 e. The second-order valence-electron chi connectivity index (χ2n) is 5.72. The highest BCUT2D eigenvalue weighted by atomic mass is 16.2. The highest BCUT2D eigenvalue weighted by molar-refractivity contribution is 4.92. The van der Waals surface area contributed by atoms with Gasteiger partial charge in [-0.15, -0.1) is 0 Å². The van der Waals surface area contributed by atoms with Gasteiger partial charge in [-0.3, -0.25) is 4.57 Å². The van der Waals surface area contributed by atoms with Gasteiger partial charge in [-0.05, 0) is 40.5 Å². The van der Waals surface area contributed by atoms with Gasteiger partial charge in [0.15, 0.2) is 0 Å². The second-order valence-corrected chi connectivity index (χ2v) is 5.72. The van der Waals surface area contributed by atoms with E-state index in [2.05, 4.69) is 5.10 Å². The highest BCUT2D eigenvalue weighted by Gasteiger charge is 2.26. The molecule has 0 aromatic carbocycles. The molecular formula is C12H21N3O. The lowest BCUT2D eigenvalue weighted by molar-refractivity contribution is 0.336. The number of hydrogen-bond acceptors (Lipinski definition) is 2. The smallest absolute Gasteiger partial charge is 0.276 e. The van der Waals surface area contributed by atoms with Crippen molar-refractivity contribution >= 4 is 0 Å². The molecule has 16 heavy (non-hydrogen) atoms. The van der Waals surface area contributed by atoms with Gasteiger partial charge in [0.2, 0.25) is 0 Å². The Morgan fingerprint density at radius 2 is 1.81 bits per heavy atom. The summed E-state index contributed by atoms with van der Waals surface area (Å²) in [6.07, 6.45) is 4.71. The molecule has 0 spiro atoms. The fourth-order valence-electron chi connectivity index (χ4n) is 2.50. The second kappa shape index (κ2) is 3.75. The van der Waals surface area contributed by atoms with E-state index >= 15 is 0 Å². The summed E-state index contributed by atoms with van der Waals surface area (Å²) in [6.45, 7) is 7.97. The molecule has 0 aliphatic heterocycles. The van der Waals surface area contributed by atoms with Crippen molar-refractivity contribution in [3.63, 3.8) is 0 Å². The van der Waals surface area contributed by atoms with Crippen molar-refractivity contribution in [2.75, 3.05) is 0 Å². The van der Waals surface area contributed by atoms with Gasteiger partial charge in [0.1, 0.15) is 5.82 Å². The van der Waals surface area contributed by atoms with E-state index in [0.717, 1.165) is 18.7 Å². The molecule has 0 amide bonds. The van der Waals surface area contributed by atoms with Gasteiger partial charge < -0.3 is 0 Å². The summed E-state index contributed by atoms with van der Waals surface area (Å²) in [5, 5.41) is 4.39. The van der Waals surface area contributed by atoms with Crippen LogP contribution >= 0.6 is 0 Å². The van der Waals surface area contributed by atoms with Crippen LogP contribution in [0.4, 0.5) is 0 Å². The zero-order chi connectivity index (χ0) is 11.9. The summed E-state index contributed by atoms with van der Waals surface area (Å²) in [5.41, 5.74) is -0.178. The van der Waals surface area contributed by atoms with Crippen molar-refractivity contribution in [3.8, 4) is 0 Å². The van der Waals surface area contributed by atoms with E-state index in [0.29, 0.717) is 6.04 Å². The Balaban J connectivity index is 2.47. The Bertz CT molecular complexity index is 430. The van der Waals surface area contributed by atoms with E-state index in [1.807, 2.05) is 32.3 Å². The predicted octanol–water partition coefficient (Wildman–Crippen LogP) is 2.22. The van der Waals surface area contributed by atoms with Crippen LogP contribution < -0.4 is 5.69 Å². The van der Waals surface area contributed by atoms with Crippen LogP contribution in [0.2, 0.25) is 0 Å². The standard InChI is InChI=1S/C12H21N3O/c1-9-13-15(12(2,3)4)11(16)14(9)10-7-5-6-8-10/h10H,5-8H2,1-4H3. The van der Waals surface area contributed by atoms with Crippen LogP contribution in [0.15, 0.2) is 4.79 Å². The normalized spacial score (nSPS) is 18.2. The summed E-state index contributed by atoms with van der Waals surface area (Å²) in [7, 11) is 0. The van der Waals surface area contributed by atoms with Gasteiger partial charge in [-0.2, -0.15) is 5.10 Å². The maximum Gasteiger partial charge on any atom is 0.346 e. The van der Waals surface area contributed by atoms with Crippen molar-refractivity contribution in [1.82, 2.24) is 14.3 Å². The Morgan fingerprint density at radius 3 is 2.25 bits per heavy atom. The first-order valence-corrected chi connectivity index (χ1v) is 6.10. The van der Waals surface area contributed by atoms with E-state index in [1.165, 1.54) is 12.8 Å². The Labute approximate surface area is 96.3 Å². The van der Waals surface area contributed by atoms with Crippen LogP contribution in [0.5, 0.6) is 0 Å². The third kappa shape index (κ3) is 1.81. The number of nitrogens with zero attached hydrogens (tertiary/aromatic N) is 3. The van der Waals surface area contributed by atoms with Gasteiger partial charge in [0.05, 0.1) is 5.54 Å². The third-order valence-corrected chi connectivity index (χ3v) is 3.31. The Hall–Kier alpha value is -1.06. The van der Waals surface area contributed by atoms with Gasteiger partial charge in [-0.25, -0.2) is 9.48 Å². The highest BCUT2D eigenvalue weighted by Crippen LogP contribution is 2.29. The number of hydrogen-bond donors (Lipinski definition) is 0. The monoisotopic (exact) mass is 223 g/mol. The average Bonchev–Trinajstić information content (AvgIpc) is 2.72. The molecule has 1 saturated carbocycles. The molecule has 1 fully saturated rings. The number of aromatic nitrogens is 3. The fraction of sp³-hybridized carbons (Fsp3) is 0.833. The first-order chi connectivity index (χ1) is 7.41. The molecule has 1 heterocycles. The van der Waals surface area contributed by atoms with Gasteiger partial charge >= 0.3 is 5.69 Å². The molecule has 0 unspecified atom stereocenters. The molecule has 1 aromatic heterocycles.